The quantitative estimate of drug-likeness (QED) is 0.710. The molecular formula is C13H12ClF3O2. The summed E-state index contributed by atoms with van der Waals surface area (Å²) in [7, 11) is 0. The SMILES string of the molecule is CC1(C)COc2cc(Cl)c(C(F)(F)F)cc2C(=O)C1. The van der Waals surface area contributed by atoms with Gasteiger partial charge in [-0.15, -0.1) is 0 Å². The van der Waals surface area contributed by atoms with Gasteiger partial charge in [0.15, 0.2) is 5.78 Å². The number of hydrogen-bond acceptors (Lipinski definition) is 2. The molecule has 1 aliphatic heterocycles. The Morgan fingerprint density at radius 3 is 2.53 bits per heavy atom. The Kier molecular flexibility index (Phi) is 3.29. The molecule has 104 valence electrons. The molecule has 0 unspecified atom stereocenters. The third kappa shape index (κ3) is 2.86. The van der Waals surface area contributed by atoms with E-state index >= 15 is 0 Å². The van der Waals surface area contributed by atoms with Crippen molar-refractivity contribution in [2.24, 2.45) is 5.41 Å². The fraction of sp³-hybridized carbons (Fsp3) is 0.462. The van der Waals surface area contributed by atoms with Crippen LogP contribution in [0.2, 0.25) is 5.02 Å². The summed E-state index contributed by atoms with van der Waals surface area (Å²) >= 11 is 5.61. The molecule has 1 aromatic carbocycles. The maximum absolute atomic E-state index is 12.8. The Labute approximate surface area is 113 Å². The first-order valence-corrected chi connectivity index (χ1v) is 6.05. The molecule has 0 radical (unpaired) electrons. The van der Waals surface area contributed by atoms with Gasteiger partial charge in [0.25, 0.3) is 0 Å². The van der Waals surface area contributed by atoms with Crippen LogP contribution in [0.25, 0.3) is 0 Å². The molecule has 0 fully saturated rings. The van der Waals surface area contributed by atoms with Gasteiger partial charge in [-0.1, -0.05) is 25.4 Å². The second-order valence-electron chi connectivity index (χ2n) is 5.38. The molecule has 0 amide bonds. The lowest BCUT2D eigenvalue weighted by Gasteiger charge is -2.19. The summed E-state index contributed by atoms with van der Waals surface area (Å²) < 4.78 is 43.7. The summed E-state index contributed by atoms with van der Waals surface area (Å²) in [4.78, 5) is 12.0. The Hall–Kier alpha value is -1.23. The molecule has 0 saturated heterocycles. The number of ketones is 1. The van der Waals surface area contributed by atoms with Gasteiger partial charge in [0.05, 0.1) is 22.8 Å². The van der Waals surface area contributed by atoms with Crippen molar-refractivity contribution in [3.63, 3.8) is 0 Å². The van der Waals surface area contributed by atoms with Crippen molar-refractivity contribution in [3.05, 3.63) is 28.3 Å². The van der Waals surface area contributed by atoms with Crippen molar-refractivity contribution in [3.8, 4) is 5.75 Å². The van der Waals surface area contributed by atoms with Crippen molar-refractivity contribution in [1.82, 2.24) is 0 Å². The fourth-order valence-electron chi connectivity index (χ4n) is 1.96. The molecule has 0 N–H and O–H groups in total. The van der Waals surface area contributed by atoms with Gasteiger partial charge in [0, 0.05) is 17.9 Å². The molecule has 0 aliphatic carbocycles. The molecular weight excluding hydrogens is 281 g/mol. The maximum Gasteiger partial charge on any atom is 0.417 e. The third-order valence-electron chi connectivity index (χ3n) is 2.93. The van der Waals surface area contributed by atoms with E-state index in [2.05, 4.69) is 0 Å². The number of carbonyl (C=O) groups excluding carboxylic acids is 1. The van der Waals surface area contributed by atoms with Gasteiger partial charge in [-0.05, 0) is 6.07 Å². The Morgan fingerprint density at radius 1 is 1.32 bits per heavy atom. The van der Waals surface area contributed by atoms with Crippen LogP contribution in [0.4, 0.5) is 13.2 Å². The van der Waals surface area contributed by atoms with Crippen LogP contribution in [0, 0.1) is 5.41 Å². The van der Waals surface area contributed by atoms with Crippen molar-refractivity contribution in [2.45, 2.75) is 26.4 Å². The molecule has 19 heavy (non-hydrogen) atoms. The van der Waals surface area contributed by atoms with Crippen LogP contribution >= 0.6 is 11.6 Å². The minimum Gasteiger partial charge on any atom is -0.492 e. The zero-order chi connectivity index (χ0) is 14.4. The zero-order valence-electron chi connectivity index (χ0n) is 10.4. The van der Waals surface area contributed by atoms with E-state index in [1.165, 1.54) is 0 Å². The minimum atomic E-state index is -4.59. The summed E-state index contributed by atoms with van der Waals surface area (Å²) in [6.07, 6.45) is -4.45. The van der Waals surface area contributed by atoms with Crippen LogP contribution in [0.3, 0.4) is 0 Å². The zero-order valence-corrected chi connectivity index (χ0v) is 11.2. The maximum atomic E-state index is 12.8. The number of alkyl halides is 3. The summed E-state index contributed by atoms with van der Waals surface area (Å²) in [5.41, 5.74) is -1.48. The summed E-state index contributed by atoms with van der Waals surface area (Å²) in [5, 5.41) is -0.459. The first kappa shape index (κ1) is 14.2. The van der Waals surface area contributed by atoms with Crippen molar-refractivity contribution in [1.29, 1.82) is 0 Å². The number of benzene rings is 1. The van der Waals surface area contributed by atoms with Crippen LogP contribution in [0.1, 0.15) is 36.2 Å². The van der Waals surface area contributed by atoms with Crippen molar-refractivity contribution >= 4 is 17.4 Å². The van der Waals surface area contributed by atoms with Crippen LogP contribution in [0.15, 0.2) is 12.1 Å². The van der Waals surface area contributed by atoms with E-state index in [0.29, 0.717) is 0 Å². The fourth-order valence-corrected chi connectivity index (χ4v) is 2.22. The largest absolute Gasteiger partial charge is 0.492 e. The Balaban J connectivity index is 2.55. The molecule has 1 aliphatic rings. The number of halogens is 4. The lowest BCUT2D eigenvalue weighted by Crippen LogP contribution is -2.21. The number of hydrogen-bond donors (Lipinski definition) is 0. The second kappa shape index (κ2) is 4.40. The van der Waals surface area contributed by atoms with E-state index in [0.717, 1.165) is 12.1 Å². The van der Waals surface area contributed by atoms with Gasteiger partial charge in [0.2, 0.25) is 0 Å². The lowest BCUT2D eigenvalue weighted by molar-refractivity contribution is -0.137. The predicted octanol–water partition coefficient (Wildman–Crippen LogP) is 4.35. The molecule has 1 heterocycles. The highest BCUT2D eigenvalue weighted by Gasteiger charge is 2.37. The standard InChI is InChI=1S/C13H12ClF3O2/c1-12(2)5-10(18)7-3-8(13(15,16)17)9(14)4-11(7)19-6-12/h3-4H,5-6H2,1-2H3. The molecule has 2 rings (SSSR count). The first-order chi connectivity index (χ1) is 8.60. The van der Waals surface area contributed by atoms with E-state index in [1.54, 1.807) is 0 Å². The average molecular weight is 293 g/mol. The normalized spacial score (nSPS) is 18.5. The van der Waals surface area contributed by atoms with E-state index in [-0.39, 0.29) is 30.1 Å². The highest BCUT2D eigenvalue weighted by atomic mass is 35.5. The molecule has 1 aromatic rings. The molecule has 0 aromatic heterocycles. The number of carbonyl (C=O) groups is 1. The lowest BCUT2D eigenvalue weighted by atomic mass is 9.87. The van der Waals surface area contributed by atoms with Crippen LogP contribution in [-0.2, 0) is 6.18 Å². The molecule has 0 atom stereocenters. The molecule has 0 spiro atoms. The summed E-state index contributed by atoms with van der Waals surface area (Å²) in [5.74, 6) is -0.242. The number of ether oxygens (including phenoxy) is 1. The van der Waals surface area contributed by atoms with Crippen molar-refractivity contribution < 1.29 is 22.7 Å². The Morgan fingerprint density at radius 2 is 1.95 bits per heavy atom. The van der Waals surface area contributed by atoms with Crippen molar-refractivity contribution in [2.75, 3.05) is 6.61 Å². The minimum absolute atomic E-state index is 0.0534. The first-order valence-electron chi connectivity index (χ1n) is 5.67. The number of rotatable bonds is 0. The highest BCUT2D eigenvalue weighted by molar-refractivity contribution is 6.31. The second-order valence-corrected chi connectivity index (χ2v) is 5.79. The van der Waals surface area contributed by atoms with E-state index in [4.69, 9.17) is 16.3 Å². The molecule has 6 heteroatoms. The average Bonchev–Trinajstić information content (AvgIpc) is 2.33. The van der Waals surface area contributed by atoms with Gasteiger partial charge < -0.3 is 4.74 Å². The van der Waals surface area contributed by atoms with E-state index < -0.39 is 22.2 Å². The molecule has 0 bridgehead atoms. The topological polar surface area (TPSA) is 26.3 Å². The predicted molar refractivity (Wildman–Crippen MR) is 64.7 cm³/mol. The van der Waals surface area contributed by atoms with E-state index in [1.807, 2.05) is 13.8 Å². The van der Waals surface area contributed by atoms with Gasteiger partial charge in [-0.2, -0.15) is 13.2 Å². The molecule has 2 nitrogen and oxygen atoms in total. The van der Waals surface area contributed by atoms with E-state index in [9.17, 15) is 18.0 Å². The number of Topliss-reactive ketones (excluding diaryl/α,β-unsaturated/α-hetero) is 1. The van der Waals surface area contributed by atoms with Gasteiger partial charge in [0.1, 0.15) is 5.75 Å². The Bertz CT molecular complexity index is 535. The highest BCUT2D eigenvalue weighted by Crippen LogP contribution is 2.41. The van der Waals surface area contributed by atoms with Gasteiger partial charge >= 0.3 is 6.18 Å². The monoisotopic (exact) mass is 292 g/mol. The van der Waals surface area contributed by atoms with Crippen LogP contribution in [-0.4, -0.2) is 12.4 Å². The summed E-state index contributed by atoms with van der Waals surface area (Å²) in [6, 6.07) is 1.85. The number of fused-ring (bicyclic) bond motifs is 1. The van der Waals surface area contributed by atoms with Gasteiger partial charge in [-0.25, -0.2) is 0 Å². The third-order valence-corrected chi connectivity index (χ3v) is 3.25. The molecule has 0 saturated carbocycles. The van der Waals surface area contributed by atoms with Crippen LogP contribution in [0.5, 0.6) is 5.75 Å². The summed E-state index contributed by atoms with van der Waals surface area (Å²) in [6.45, 7) is 3.90. The van der Waals surface area contributed by atoms with Crippen LogP contribution < -0.4 is 4.74 Å². The smallest absolute Gasteiger partial charge is 0.417 e. The van der Waals surface area contributed by atoms with Gasteiger partial charge in [-0.3, -0.25) is 4.79 Å².